The van der Waals surface area contributed by atoms with Crippen molar-refractivity contribution in [1.29, 1.82) is 0 Å². The van der Waals surface area contributed by atoms with Crippen molar-refractivity contribution in [2.75, 3.05) is 6.61 Å². The zero-order chi connectivity index (χ0) is 12.0. The number of benzene rings is 1. The van der Waals surface area contributed by atoms with Gasteiger partial charge in [0.05, 0.1) is 6.61 Å². The summed E-state index contributed by atoms with van der Waals surface area (Å²) in [5.41, 5.74) is 3.66. The van der Waals surface area contributed by atoms with Crippen molar-refractivity contribution in [2.24, 2.45) is 0 Å². The summed E-state index contributed by atoms with van der Waals surface area (Å²) in [6, 6.07) is 6.70. The monoisotopic (exact) mass is 229 g/mol. The molecule has 0 amide bonds. The molecule has 1 saturated carbocycles. The molecule has 1 aromatic carbocycles. The van der Waals surface area contributed by atoms with Gasteiger partial charge in [0.1, 0.15) is 0 Å². The summed E-state index contributed by atoms with van der Waals surface area (Å²) < 4.78 is 0. The number of rotatable bonds is 3. The third-order valence-corrected chi connectivity index (χ3v) is 3.88. The molecule has 1 aromatic heterocycles. The number of aliphatic hydroxyl groups is 1. The van der Waals surface area contributed by atoms with Crippen molar-refractivity contribution in [1.82, 2.24) is 4.98 Å². The van der Waals surface area contributed by atoms with Crippen LogP contribution in [0, 0.1) is 0 Å². The van der Waals surface area contributed by atoms with Gasteiger partial charge in [-0.1, -0.05) is 19.9 Å². The summed E-state index contributed by atoms with van der Waals surface area (Å²) in [6.07, 6.45) is 4.70. The summed E-state index contributed by atoms with van der Waals surface area (Å²) >= 11 is 0. The van der Waals surface area contributed by atoms with Gasteiger partial charge in [0.25, 0.3) is 0 Å². The van der Waals surface area contributed by atoms with Gasteiger partial charge in [-0.25, -0.2) is 0 Å². The van der Waals surface area contributed by atoms with E-state index in [2.05, 4.69) is 37.0 Å². The van der Waals surface area contributed by atoms with E-state index in [4.69, 9.17) is 0 Å². The molecule has 1 heterocycles. The first-order chi connectivity index (χ1) is 8.12. The van der Waals surface area contributed by atoms with Crippen molar-refractivity contribution in [3.63, 3.8) is 0 Å². The number of hydrogen-bond acceptors (Lipinski definition) is 1. The van der Waals surface area contributed by atoms with Gasteiger partial charge in [-0.15, -0.1) is 0 Å². The lowest BCUT2D eigenvalue weighted by atomic mass is 9.85. The molecule has 0 spiro atoms. The second kappa shape index (κ2) is 3.61. The Morgan fingerprint density at radius 3 is 2.76 bits per heavy atom. The topological polar surface area (TPSA) is 36.0 Å². The van der Waals surface area contributed by atoms with Crippen molar-refractivity contribution in [3.05, 3.63) is 35.5 Å². The van der Waals surface area contributed by atoms with E-state index in [9.17, 15) is 5.11 Å². The molecule has 2 heteroatoms. The summed E-state index contributed by atoms with van der Waals surface area (Å²) in [5.74, 6) is 0.777. The smallest absolute Gasteiger partial charge is 0.0523 e. The number of aromatic amines is 1. The van der Waals surface area contributed by atoms with Crippen LogP contribution in [-0.2, 0) is 5.41 Å². The third-order valence-electron chi connectivity index (χ3n) is 3.88. The van der Waals surface area contributed by atoms with E-state index in [-0.39, 0.29) is 12.0 Å². The lowest BCUT2D eigenvalue weighted by Gasteiger charge is -2.21. The maximum atomic E-state index is 9.50. The molecule has 1 fully saturated rings. The predicted octanol–water partition coefficient (Wildman–Crippen LogP) is 3.32. The lowest BCUT2D eigenvalue weighted by Crippen LogP contribution is -2.21. The van der Waals surface area contributed by atoms with E-state index < -0.39 is 0 Å². The molecular weight excluding hydrogens is 210 g/mol. The quantitative estimate of drug-likeness (QED) is 0.832. The van der Waals surface area contributed by atoms with Crippen LogP contribution in [0.2, 0.25) is 0 Å². The first kappa shape index (κ1) is 10.8. The average Bonchev–Trinajstić information content (AvgIpc) is 3.08. The van der Waals surface area contributed by atoms with Crippen LogP contribution >= 0.6 is 0 Å². The molecule has 0 saturated heterocycles. The van der Waals surface area contributed by atoms with E-state index in [0.717, 1.165) is 5.92 Å². The molecule has 2 aromatic rings. The SMILES string of the molecule is CC(C)(CO)c1c[nH]c2ccc(C3CC3)cc12. The Morgan fingerprint density at radius 1 is 1.35 bits per heavy atom. The van der Waals surface area contributed by atoms with Crippen molar-refractivity contribution >= 4 is 10.9 Å². The van der Waals surface area contributed by atoms with Crippen LogP contribution in [0.15, 0.2) is 24.4 Å². The minimum atomic E-state index is -0.180. The molecule has 90 valence electrons. The van der Waals surface area contributed by atoms with Gasteiger partial charge in [0.15, 0.2) is 0 Å². The molecule has 1 aliphatic carbocycles. The van der Waals surface area contributed by atoms with E-state index in [0.29, 0.717) is 0 Å². The van der Waals surface area contributed by atoms with Crippen LogP contribution < -0.4 is 0 Å². The van der Waals surface area contributed by atoms with Gasteiger partial charge in [-0.2, -0.15) is 0 Å². The molecule has 1 aliphatic rings. The van der Waals surface area contributed by atoms with Gasteiger partial charge in [0.2, 0.25) is 0 Å². The molecular formula is C15H19NO. The van der Waals surface area contributed by atoms with Crippen LogP contribution in [-0.4, -0.2) is 16.7 Å². The predicted molar refractivity (Wildman–Crippen MR) is 70.4 cm³/mol. The fourth-order valence-corrected chi connectivity index (χ4v) is 2.45. The molecule has 0 radical (unpaired) electrons. The maximum absolute atomic E-state index is 9.50. The minimum Gasteiger partial charge on any atom is -0.395 e. The average molecular weight is 229 g/mol. The Kier molecular flexibility index (Phi) is 2.30. The van der Waals surface area contributed by atoms with Crippen molar-refractivity contribution in [3.8, 4) is 0 Å². The molecule has 3 rings (SSSR count). The molecule has 0 bridgehead atoms. The normalized spacial score (nSPS) is 16.6. The number of H-pyrrole nitrogens is 1. The highest BCUT2D eigenvalue weighted by atomic mass is 16.3. The van der Waals surface area contributed by atoms with Crippen molar-refractivity contribution < 1.29 is 5.11 Å². The van der Waals surface area contributed by atoms with Crippen LogP contribution in [0.5, 0.6) is 0 Å². The highest BCUT2D eigenvalue weighted by Crippen LogP contribution is 2.42. The van der Waals surface area contributed by atoms with Gasteiger partial charge in [0, 0.05) is 22.5 Å². The Hall–Kier alpha value is -1.28. The lowest BCUT2D eigenvalue weighted by molar-refractivity contribution is 0.219. The summed E-state index contributed by atoms with van der Waals surface area (Å²) in [7, 11) is 0. The van der Waals surface area contributed by atoms with Gasteiger partial charge in [-0.3, -0.25) is 0 Å². The first-order valence-corrected chi connectivity index (χ1v) is 6.34. The van der Waals surface area contributed by atoms with Crippen LogP contribution in [0.4, 0.5) is 0 Å². The summed E-state index contributed by atoms with van der Waals surface area (Å²) in [6.45, 7) is 4.34. The number of hydrogen-bond donors (Lipinski definition) is 2. The molecule has 0 unspecified atom stereocenters. The molecule has 2 nitrogen and oxygen atoms in total. The number of aromatic nitrogens is 1. The number of nitrogens with one attached hydrogen (secondary N) is 1. The fourth-order valence-electron chi connectivity index (χ4n) is 2.45. The molecule has 0 aliphatic heterocycles. The molecule has 17 heavy (non-hydrogen) atoms. The van der Waals surface area contributed by atoms with Crippen LogP contribution in [0.1, 0.15) is 43.7 Å². The Bertz CT molecular complexity index is 549. The summed E-state index contributed by atoms with van der Waals surface area (Å²) in [5, 5.41) is 10.8. The minimum absolute atomic E-state index is 0.174. The Balaban J connectivity index is 2.15. The maximum Gasteiger partial charge on any atom is 0.0523 e. The molecule has 0 atom stereocenters. The highest BCUT2D eigenvalue weighted by molar-refractivity contribution is 5.85. The van der Waals surface area contributed by atoms with Gasteiger partial charge < -0.3 is 10.1 Å². The zero-order valence-electron chi connectivity index (χ0n) is 10.5. The number of aliphatic hydroxyl groups excluding tert-OH is 1. The molecule has 2 N–H and O–H groups in total. The van der Waals surface area contributed by atoms with Gasteiger partial charge in [-0.05, 0) is 42.0 Å². The standard InChI is InChI=1S/C15H19NO/c1-15(2,9-17)13-8-16-14-6-5-11(7-12(13)14)10-3-4-10/h5-8,10,16-17H,3-4,9H2,1-2H3. The Morgan fingerprint density at radius 2 is 2.12 bits per heavy atom. The van der Waals surface area contributed by atoms with Crippen LogP contribution in [0.25, 0.3) is 10.9 Å². The number of fused-ring (bicyclic) bond motifs is 1. The second-order valence-corrected chi connectivity index (χ2v) is 5.82. The highest BCUT2D eigenvalue weighted by Gasteiger charge is 2.26. The second-order valence-electron chi connectivity index (χ2n) is 5.82. The van der Waals surface area contributed by atoms with E-state index in [1.54, 1.807) is 0 Å². The first-order valence-electron chi connectivity index (χ1n) is 6.34. The van der Waals surface area contributed by atoms with E-state index in [1.165, 1.54) is 34.9 Å². The third kappa shape index (κ3) is 1.77. The zero-order valence-corrected chi connectivity index (χ0v) is 10.5. The summed E-state index contributed by atoms with van der Waals surface area (Å²) in [4.78, 5) is 3.30. The Labute approximate surface area is 102 Å². The van der Waals surface area contributed by atoms with E-state index in [1.807, 2.05) is 6.20 Å². The fraction of sp³-hybridized carbons (Fsp3) is 0.467. The van der Waals surface area contributed by atoms with Crippen molar-refractivity contribution in [2.45, 2.75) is 38.0 Å². The largest absolute Gasteiger partial charge is 0.395 e. The van der Waals surface area contributed by atoms with Gasteiger partial charge >= 0.3 is 0 Å². The van der Waals surface area contributed by atoms with Crippen LogP contribution in [0.3, 0.4) is 0 Å². The van der Waals surface area contributed by atoms with E-state index >= 15 is 0 Å².